The van der Waals surface area contributed by atoms with Gasteiger partial charge in [-0.2, -0.15) is 16.9 Å². The highest BCUT2D eigenvalue weighted by Crippen LogP contribution is 2.44. The number of benzene rings is 1. The first-order chi connectivity index (χ1) is 12.7. The molecule has 1 aromatic carbocycles. The number of hydrogen-bond acceptors (Lipinski definition) is 8. The second-order valence-electron chi connectivity index (χ2n) is 6.79. The number of nitrogens with zero attached hydrogens (tertiary/aromatic N) is 5. The zero-order valence-corrected chi connectivity index (χ0v) is 15.4. The SMILES string of the molecule is O=[N+]([O-])c1ccc(N2N=NC3CCSCCCC32N2CCOCC2)cc1. The van der Waals surface area contributed by atoms with Gasteiger partial charge in [0.05, 0.1) is 23.8 Å². The Morgan fingerprint density at radius 3 is 2.73 bits per heavy atom. The maximum absolute atomic E-state index is 11.0. The molecular weight excluding hydrogens is 354 g/mol. The Labute approximate surface area is 156 Å². The van der Waals surface area contributed by atoms with E-state index in [1.54, 1.807) is 24.3 Å². The van der Waals surface area contributed by atoms with Crippen molar-refractivity contribution in [2.24, 2.45) is 10.3 Å². The summed E-state index contributed by atoms with van der Waals surface area (Å²) in [6, 6.07) is 6.78. The number of nitro benzene ring substituents is 1. The molecule has 4 rings (SSSR count). The van der Waals surface area contributed by atoms with Crippen molar-refractivity contribution >= 4 is 23.1 Å². The molecule has 0 aromatic heterocycles. The van der Waals surface area contributed by atoms with E-state index in [1.165, 1.54) is 0 Å². The average Bonchev–Trinajstić information content (AvgIpc) is 3.01. The van der Waals surface area contributed by atoms with Gasteiger partial charge in [0.2, 0.25) is 0 Å². The number of rotatable bonds is 3. The first-order valence-electron chi connectivity index (χ1n) is 9.08. The quantitative estimate of drug-likeness (QED) is 0.594. The van der Waals surface area contributed by atoms with Crippen molar-refractivity contribution < 1.29 is 9.66 Å². The molecule has 3 heterocycles. The van der Waals surface area contributed by atoms with Gasteiger partial charge in [0, 0.05) is 25.2 Å². The van der Waals surface area contributed by atoms with Gasteiger partial charge in [0.25, 0.3) is 5.69 Å². The van der Waals surface area contributed by atoms with Crippen LogP contribution in [0, 0.1) is 10.1 Å². The Hall–Kier alpha value is -1.71. The normalized spacial score (nSPS) is 29.8. The molecule has 2 saturated heterocycles. The molecule has 0 bridgehead atoms. The number of nitro groups is 1. The maximum atomic E-state index is 11.0. The summed E-state index contributed by atoms with van der Waals surface area (Å²) in [6.07, 6.45) is 3.08. The average molecular weight is 377 g/mol. The van der Waals surface area contributed by atoms with Gasteiger partial charge in [0.1, 0.15) is 11.7 Å². The Bertz CT molecular complexity index is 679. The lowest BCUT2D eigenvalue weighted by molar-refractivity contribution is -0.384. The van der Waals surface area contributed by atoms with Crippen molar-refractivity contribution in [1.82, 2.24) is 4.90 Å². The largest absolute Gasteiger partial charge is 0.379 e. The summed E-state index contributed by atoms with van der Waals surface area (Å²) in [5.41, 5.74) is 0.665. The fourth-order valence-corrected chi connectivity index (χ4v) is 5.10. The van der Waals surface area contributed by atoms with E-state index in [9.17, 15) is 10.1 Å². The molecule has 0 aliphatic carbocycles. The van der Waals surface area contributed by atoms with Crippen LogP contribution in [0.5, 0.6) is 0 Å². The van der Waals surface area contributed by atoms with Crippen LogP contribution in [-0.4, -0.2) is 59.3 Å². The number of fused-ring (bicyclic) bond motifs is 1. The monoisotopic (exact) mass is 377 g/mol. The lowest BCUT2D eigenvalue weighted by Gasteiger charge is -2.50. The van der Waals surface area contributed by atoms with Gasteiger partial charge < -0.3 is 4.74 Å². The Morgan fingerprint density at radius 1 is 1.23 bits per heavy atom. The highest BCUT2D eigenvalue weighted by atomic mass is 32.2. The van der Waals surface area contributed by atoms with Crippen LogP contribution in [0.25, 0.3) is 0 Å². The minimum Gasteiger partial charge on any atom is -0.379 e. The van der Waals surface area contributed by atoms with E-state index in [-0.39, 0.29) is 22.3 Å². The van der Waals surface area contributed by atoms with Gasteiger partial charge in [-0.05, 0) is 42.9 Å². The van der Waals surface area contributed by atoms with E-state index in [1.807, 2.05) is 16.8 Å². The summed E-state index contributed by atoms with van der Waals surface area (Å²) in [5.74, 6) is 2.23. The molecule has 2 unspecified atom stereocenters. The van der Waals surface area contributed by atoms with Gasteiger partial charge in [-0.3, -0.25) is 15.0 Å². The topological polar surface area (TPSA) is 83.6 Å². The summed E-state index contributed by atoms with van der Waals surface area (Å²) in [6.45, 7) is 3.16. The summed E-state index contributed by atoms with van der Waals surface area (Å²) < 4.78 is 5.57. The lowest BCUT2D eigenvalue weighted by atomic mass is 9.89. The fourth-order valence-electron chi connectivity index (χ4n) is 4.16. The smallest absolute Gasteiger partial charge is 0.269 e. The molecule has 3 aliphatic rings. The molecule has 3 aliphatic heterocycles. The van der Waals surface area contributed by atoms with Crippen LogP contribution in [0.2, 0.25) is 0 Å². The molecule has 8 nitrogen and oxygen atoms in total. The van der Waals surface area contributed by atoms with E-state index in [0.717, 1.165) is 62.8 Å². The van der Waals surface area contributed by atoms with Crippen LogP contribution in [-0.2, 0) is 4.74 Å². The minimum absolute atomic E-state index is 0.0934. The predicted octanol–water partition coefficient (Wildman–Crippen LogP) is 3.10. The molecule has 0 radical (unpaired) electrons. The van der Waals surface area contributed by atoms with Crippen molar-refractivity contribution in [2.45, 2.75) is 31.0 Å². The van der Waals surface area contributed by atoms with Gasteiger partial charge >= 0.3 is 0 Å². The number of non-ortho nitro benzene ring substituents is 1. The van der Waals surface area contributed by atoms with Crippen molar-refractivity contribution in [2.75, 3.05) is 42.8 Å². The summed E-state index contributed by atoms with van der Waals surface area (Å²) in [5, 5.41) is 22.2. The van der Waals surface area contributed by atoms with Crippen molar-refractivity contribution in [3.05, 3.63) is 34.4 Å². The van der Waals surface area contributed by atoms with Crippen molar-refractivity contribution in [3.63, 3.8) is 0 Å². The second-order valence-corrected chi connectivity index (χ2v) is 8.01. The molecule has 2 fully saturated rings. The van der Waals surface area contributed by atoms with Crippen LogP contribution in [0.3, 0.4) is 0 Å². The number of morpholine rings is 1. The zero-order valence-electron chi connectivity index (χ0n) is 14.6. The molecule has 0 N–H and O–H groups in total. The lowest BCUT2D eigenvalue weighted by Crippen LogP contribution is -2.65. The molecule has 0 spiro atoms. The molecule has 1 aromatic rings. The van der Waals surface area contributed by atoms with Crippen LogP contribution in [0.4, 0.5) is 11.4 Å². The zero-order chi connectivity index (χ0) is 18.0. The third-order valence-electron chi connectivity index (χ3n) is 5.41. The van der Waals surface area contributed by atoms with Gasteiger partial charge in [-0.1, -0.05) is 5.22 Å². The van der Waals surface area contributed by atoms with Crippen LogP contribution >= 0.6 is 11.8 Å². The second kappa shape index (κ2) is 7.50. The van der Waals surface area contributed by atoms with Crippen LogP contribution < -0.4 is 5.01 Å². The highest BCUT2D eigenvalue weighted by Gasteiger charge is 2.53. The molecule has 2 atom stereocenters. The first-order valence-corrected chi connectivity index (χ1v) is 10.2. The third-order valence-corrected chi connectivity index (χ3v) is 6.52. The van der Waals surface area contributed by atoms with Crippen LogP contribution in [0.15, 0.2) is 34.6 Å². The van der Waals surface area contributed by atoms with E-state index < -0.39 is 0 Å². The van der Waals surface area contributed by atoms with E-state index in [2.05, 4.69) is 15.2 Å². The van der Waals surface area contributed by atoms with Crippen molar-refractivity contribution in [1.29, 1.82) is 0 Å². The first kappa shape index (κ1) is 17.7. The fraction of sp³-hybridized carbons (Fsp3) is 0.647. The maximum Gasteiger partial charge on any atom is 0.269 e. The Morgan fingerprint density at radius 2 is 2.00 bits per heavy atom. The number of anilines is 1. The van der Waals surface area contributed by atoms with Gasteiger partial charge in [-0.25, -0.2) is 5.01 Å². The number of thioether (sulfide) groups is 1. The van der Waals surface area contributed by atoms with Gasteiger partial charge in [0.15, 0.2) is 0 Å². The standard InChI is InChI=1S/C17H23N5O3S/c23-22(24)15-4-2-14(3-5-15)21-17(20-8-10-25-11-9-20)7-1-12-26-13-6-16(17)18-19-21/h2-5,16H,1,6-13H2. The van der Waals surface area contributed by atoms with Crippen molar-refractivity contribution in [3.8, 4) is 0 Å². The number of hydrogen-bond donors (Lipinski definition) is 0. The third kappa shape index (κ3) is 3.08. The van der Waals surface area contributed by atoms with Gasteiger partial charge in [-0.15, -0.1) is 0 Å². The highest BCUT2D eigenvalue weighted by molar-refractivity contribution is 7.99. The molecule has 0 amide bonds. The Kier molecular flexibility index (Phi) is 5.10. The Balaban J connectivity index is 1.71. The van der Waals surface area contributed by atoms with E-state index in [4.69, 9.17) is 4.74 Å². The summed E-state index contributed by atoms with van der Waals surface area (Å²) in [4.78, 5) is 13.1. The molecular formula is C17H23N5O3S. The summed E-state index contributed by atoms with van der Waals surface area (Å²) >= 11 is 1.99. The molecule has 0 saturated carbocycles. The van der Waals surface area contributed by atoms with E-state index >= 15 is 0 Å². The van der Waals surface area contributed by atoms with Crippen LogP contribution in [0.1, 0.15) is 19.3 Å². The molecule has 140 valence electrons. The minimum atomic E-state index is -0.372. The predicted molar refractivity (Wildman–Crippen MR) is 101 cm³/mol. The molecule has 26 heavy (non-hydrogen) atoms. The van der Waals surface area contributed by atoms with E-state index in [0.29, 0.717) is 0 Å². The number of ether oxygens (including phenoxy) is 1. The molecule has 9 heteroatoms. The summed E-state index contributed by atoms with van der Waals surface area (Å²) in [7, 11) is 0.